The average Bonchev–Trinajstić information content (AvgIpc) is 3.26. The monoisotopic (exact) mass is 259 g/mol. The lowest BCUT2D eigenvalue weighted by molar-refractivity contribution is 0.558. The predicted octanol–water partition coefficient (Wildman–Crippen LogP) is 4.22. The lowest BCUT2D eigenvalue weighted by Gasteiger charge is -2.15. The molecule has 104 valence electrons. The minimum Gasteiger partial charge on any atom is -0.370 e. The van der Waals surface area contributed by atoms with E-state index < -0.39 is 0 Å². The largest absolute Gasteiger partial charge is 0.370 e. The highest BCUT2D eigenvalue weighted by Gasteiger charge is 2.27. The standard InChI is InChI=1S/C16H25N3/c1-2-17-15-11-14(12-9-10-12)18-16(19-15)13-7-5-3-4-6-8-13/h11-13H,2-10H2,1H3,(H,17,18,19). The van der Waals surface area contributed by atoms with Crippen LogP contribution in [-0.4, -0.2) is 16.5 Å². The van der Waals surface area contributed by atoms with Crippen molar-refractivity contribution in [2.24, 2.45) is 0 Å². The quantitative estimate of drug-likeness (QED) is 0.822. The highest BCUT2D eigenvalue weighted by atomic mass is 15.0. The second kappa shape index (κ2) is 5.89. The molecule has 0 bridgehead atoms. The van der Waals surface area contributed by atoms with Crippen LogP contribution in [0.3, 0.4) is 0 Å². The molecule has 2 aliphatic carbocycles. The van der Waals surface area contributed by atoms with Crippen LogP contribution in [0, 0.1) is 0 Å². The third kappa shape index (κ3) is 3.26. The van der Waals surface area contributed by atoms with Crippen molar-refractivity contribution in [3.05, 3.63) is 17.6 Å². The van der Waals surface area contributed by atoms with Gasteiger partial charge in [0.2, 0.25) is 0 Å². The van der Waals surface area contributed by atoms with Gasteiger partial charge in [0.25, 0.3) is 0 Å². The van der Waals surface area contributed by atoms with Crippen LogP contribution in [-0.2, 0) is 0 Å². The summed E-state index contributed by atoms with van der Waals surface area (Å²) in [5.41, 5.74) is 1.28. The highest BCUT2D eigenvalue weighted by molar-refractivity contribution is 5.38. The fourth-order valence-electron chi connectivity index (χ4n) is 3.07. The van der Waals surface area contributed by atoms with E-state index in [9.17, 15) is 0 Å². The van der Waals surface area contributed by atoms with Crippen molar-refractivity contribution in [1.29, 1.82) is 0 Å². The van der Waals surface area contributed by atoms with E-state index in [0.717, 1.165) is 18.2 Å². The van der Waals surface area contributed by atoms with Crippen molar-refractivity contribution >= 4 is 5.82 Å². The molecule has 3 nitrogen and oxygen atoms in total. The smallest absolute Gasteiger partial charge is 0.134 e. The van der Waals surface area contributed by atoms with Crippen molar-refractivity contribution in [1.82, 2.24) is 9.97 Å². The molecular weight excluding hydrogens is 234 g/mol. The Hall–Kier alpha value is -1.12. The van der Waals surface area contributed by atoms with Gasteiger partial charge in [-0.15, -0.1) is 0 Å². The van der Waals surface area contributed by atoms with Crippen molar-refractivity contribution < 1.29 is 0 Å². The van der Waals surface area contributed by atoms with Gasteiger partial charge in [-0.2, -0.15) is 0 Å². The molecule has 2 fully saturated rings. The fourth-order valence-corrected chi connectivity index (χ4v) is 3.07. The number of rotatable bonds is 4. The first-order chi connectivity index (χ1) is 9.36. The molecule has 1 heterocycles. The molecule has 0 atom stereocenters. The lowest BCUT2D eigenvalue weighted by atomic mass is 9.99. The summed E-state index contributed by atoms with van der Waals surface area (Å²) in [6.45, 7) is 3.06. The molecule has 19 heavy (non-hydrogen) atoms. The van der Waals surface area contributed by atoms with Crippen LogP contribution in [0.25, 0.3) is 0 Å². The van der Waals surface area contributed by atoms with Gasteiger partial charge in [0.1, 0.15) is 11.6 Å². The molecule has 0 spiro atoms. The van der Waals surface area contributed by atoms with Crippen molar-refractivity contribution in [3.63, 3.8) is 0 Å². The van der Waals surface area contributed by atoms with Crippen molar-refractivity contribution in [2.45, 2.75) is 70.1 Å². The predicted molar refractivity (Wildman–Crippen MR) is 78.6 cm³/mol. The van der Waals surface area contributed by atoms with Crippen LogP contribution in [0.15, 0.2) is 6.07 Å². The Morgan fingerprint density at radius 2 is 1.74 bits per heavy atom. The topological polar surface area (TPSA) is 37.8 Å². The molecule has 0 aromatic carbocycles. The fraction of sp³-hybridized carbons (Fsp3) is 0.750. The van der Waals surface area contributed by atoms with E-state index in [0.29, 0.717) is 11.8 Å². The van der Waals surface area contributed by atoms with Gasteiger partial charge in [0.15, 0.2) is 0 Å². The van der Waals surface area contributed by atoms with Crippen LogP contribution < -0.4 is 5.32 Å². The lowest BCUT2D eigenvalue weighted by Crippen LogP contribution is -2.09. The van der Waals surface area contributed by atoms with Crippen LogP contribution >= 0.6 is 0 Å². The Morgan fingerprint density at radius 1 is 1.00 bits per heavy atom. The van der Waals surface area contributed by atoms with E-state index in [2.05, 4.69) is 18.3 Å². The minimum atomic E-state index is 0.596. The molecule has 2 aliphatic rings. The molecule has 3 heteroatoms. The van der Waals surface area contributed by atoms with Gasteiger partial charge in [0.05, 0.1) is 0 Å². The average molecular weight is 259 g/mol. The number of aromatic nitrogens is 2. The Labute approximate surface area is 116 Å². The maximum atomic E-state index is 4.89. The molecule has 0 radical (unpaired) electrons. The number of hydrogen-bond acceptors (Lipinski definition) is 3. The van der Waals surface area contributed by atoms with E-state index in [1.165, 1.54) is 57.1 Å². The summed E-state index contributed by atoms with van der Waals surface area (Å²) in [5.74, 6) is 3.46. The van der Waals surface area contributed by atoms with Crippen molar-refractivity contribution in [3.8, 4) is 0 Å². The molecule has 2 saturated carbocycles. The van der Waals surface area contributed by atoms with E-state index in [1.54, 1.807) is 0 Å². The van der Waals surface area contributed by atoms with E-state index in [-0.39, 0.29) is 0 Å². The molecule has 0 aliphatic heterocycles. The van der Waals surface area contributed by atoms with Crippen molar-refractivity contribution in [2.75, 3.05) is 11.9 Å². The zero-order chi connectivity index (χ0) is 13.1. The second-order valence-electron chi connectivity index (χ2n) is 6.03. The molecule has 1 aromatic rings. The number of hydrogen-bond donors (Lipinski definition) is 1. The summed E-state index contributed by atoms with van der Waals surface area (Å²) < 4.78 is 0. The minimum absolute atomic E-state index is 0.596. The van der Waals surface area contributed by atoms with E-state index in [4.69, 9.17) is 9.97 Å². The van der Waals surface area contributed by atoms with Gasteiger partial charge in [-0.05, 0) is 32.6 Å². The Kier molecular flexibility index (Phi) is 4.00. The van der Waals surface area contributed by atoms with Crippen LogP contribution in [0.1, 0.15) is 81.6 Å². The third-order valence-corrected chi connectivity index (χ3v) is 4.34. The number of anilines is 1. The maximum absolute atomic E-state index is 4.89. The second-order valence-corrected chi connectivity index (χ2v) is 6.03. The van der Waals surface area contributed by atoms with Gasteiger partial charge in [-0.3, -0.25) is 0 Å². The zero-order valence-corrected chi connectivity index (χ0v) is 12.0. The molecule has 0 unspecified atom stereocenters. The number of nitrogens with zero attached hydrogens (tertiary/aromatic N) is 2. The first kappa shape index (κ1) is 12.9. The summed E-state index contributed by atoms with van der Waals surface area (Å²) in [6.07, 6.45) is 10.6. The van der Waals surface area contributed by atoms with Gasteiger partial charge < -0.3 is 5.32 Å². The van der Waals surface area contributed by atoms with Gasteiger partial charge >= 0.3 is 0 Å². The van der Waals surface area contributed by atoms with E-state index in [1.807, 2.05) is 0 Å². The maximum Gasteiger partial charge on any atom is 0.134 e. The summed E-state index contributed by atoms with van der Waals surface area (Å²) >= 11 is 0. The molecule has 1 N–H and O–H groups in total. The molecule has 1 aromatic heterocycles. The summed E-state index contributed by atoms with van der Waals surface area (Å²) in [7, 11) is 0. The summed E-state index contributed by atoms with van der Waals surface area (Å²) in [4.78, 5) is 9.67. The highest BCUT2D eigenvalue weighted by Crippen LogP contribution is 2.40. The van der Waals surface area contributed by atoms with E-state index >= 15 is 0 Å². The SMILES string of the molecule is CCNc1cc(C2CC2)nc(C2CCCCCC2)n1. The van der Waals surface area contributed by atoms with Crippen LogP contribution in [0.5, 0.6) is 0 Å². The van der Waals surface area contributed by atoms with Crippen LogP contribution in [0.4, 0.5) is 5.82 Å². The van der Waals surface area contributed by atoms with Gasteiger partial charge in [0, 0.05) is 30.1 Å². The third-order valence-electron chi connectivity index (χ3n) is 4.34. The molecule has 0 amide bonds. The Balaban J connectivity index is 1.85. The first-order valence-electron chi connectivity index (χ1n) is 7.99. The number of nitrogens with one attached hydrogen (secondary N) is 1. The normalized spacial score (nSPS) is 21.1. The van der Waals surface area contributed by atoms with Gasteiger partial charge in [-0.25, -0.2) is 9.97 Å². The Bertz CT molecular complexity index is 418. The zero-order valence-electron chi connectivity index (χ0n) is 12.0. The molecular formula is C16H25N3. The van der Waals surface area contributed by atoms with Crippen LogP contribution in [0.2, 0.25) is 0 Å². The molecule has 3 rings (SSSR count). The molecule has 0 saturated heterocycles. The summed E-state index contributed by atoms with van der Waals surface area (Å²) in [6, 6.07) is 2.17. The summed E-state index contributed by atoms with van der Waals surface area (Å²) in [5, 5.41) is 3.37. The Morgan fingerprint density at radius 3 is 2.37 bits per heavy atom. The van der Waals surface area contributed by atoms with Gasteiger partial charge in [-0.1, -0.05) is 25.7 Å². The first-order valence-corrected chi connectivity index (χ1v) is 7.99.